The van der Waals surface area contributed by atoms with Crippen LogP contribution in [0, 0.1) is 0 Å². The van der Waals surface area contributed by atoms with Gasteiger partial charge in [-0.25, -0.2) is 14.8 Å². The van der Waals surface area contributed by atoms with Crippen molar-refractivity contribution < 1.29 is 0 Å². The molecule has 0 spiro atoms. The van der Waals surface area contributed by atoms with Gasteiger partial charge in [-0.15, -0.1) is 0 Å². The average Bonchev–Trinajstić information content (AvgIpc) is 2.61. The number of nitrogens with one attached hydrogen (secondary N) is 1. The smallest absolute Gasteiger partial charge is 0.312 e. The average molecular weight is 186 g/mol. The minimum absolute atomic E-state index is 0.166. The van der Waals surface area contributed by atoms with Gasteiger partial charge in [0, 0.05) is 12.4 Å². The molecule has 3 aromatic heterocycles. The molecule has 0 fully saturated rings. The second kappa shape index (κ2) is 2.41. The Morgan fingerprint density at radius 2 is 2.29 bits per heavy atom. The Balaban J connectivity index is 2.72. The molecule has 0 atom stereocenters. The van der Waals surface area contributed by atoms with Crippen molar-refractivity contribution in [2.75, 3.05) is 0 Å². The summed E-state index contributed by atoms with van der Waals surface area (Å²) in [5, 5.41) is 0. The van der Waals surface area contributed by atoms with Crippen molar-refractivity contribution in [2.45, 2.75) is 0 Å². The monoisotopic (exact) mass is 186 g/mol. The number of hydrogen-bond donors (Lipinski definition) is 1. The van der Waals surface area contributed by atoms with Crippen LogP contribution in [0.3, 0.4) is 0 Å². The third kappa shape index (κ3) is 0.806. The van der Waals surface area contributed by atoms with Gasteiger partial charge in [-0.05, 0) is 12.1 Å². The molecule has 0 aromatic carbocycles. The van der Waals surface area contributed by atoms with E-state index >= 15 is 0 Å². The van der Waals surface area contributed by atoms with Crippen molar-refractivity contribution in [2.24, 2.45) is 0 Å². The highest BCUT2D eigenvalue weighted by Gasteiger charge is 2.03. The minimum Gasteiger partial charge on any atom is -0.312 e. The van der Waals surface area contributed by atoms with E-state index in [1.165, 1.54) is 0 Å². The molecule has 0 saturated carbocycles. The van der Waals surface area contributed by atoms with E-state index in [4.69, 9.17) is 0 Å². The van der Waals surface area contributed by atoms with Gasteiger partial charge in [0.1, 0.15) is 0 Å². The Labute approximate surface area is 78.1 Å². The third-order valence-corrected chi connectivity index (χ3v) is 2.13. The molecule has 0 saturated heterocycles. The molecular weight excluding hydrogens is 180 g/mol. The highest BCUT2D eigenvalue weighted by atomic mass is 16.1. The largest absolute Gasteiger partial charge is 0.330 e. The van der Waals surface area contributed by atoms with Gasteiger partial charge in [0.2, 0.25) is 0 Å². The lowest BCUT2D eigenvalue weighted by Gasteiger charge is -1.97. The molecule has 0 radical (unpaired) electrons. The summed E-state index contributed by atoms with van der Waals surface area (Å²) in [6.07, 6.45) is 4.90. The van der Waals surface area contributed by atoms with Crippen LogP contribution in [0.15, 0.2) is 35.5 Å². The van der Waals surface area contributed by atoms with Crippen LogP contribution in [0.25, 0.3) is 16.7 Å². The van der Waals surface area contributed by atoms with Crippen molar-refractivity contribution in [3.8, 4) is 0 Å². The maximum absolute atomic E-state index is 11.4. The summed E-state index contributed by atoms with van der Waals surface area (Å²) in [7, 11) is 0. The maximum atomic E-state index is 11.4. The number of hydrogen-bond acceptors (Lipinski definition) is 3. The summed E-state index contributed by atoms with van der Waals surface area (Å²) in [4.78, 5) is 22.3. The highest BCUT2D eigenvalue weighted by molar-refractivity contribution is 5.73. The molecule has 1 N–H and O–H groups in total. The van der Waals surface area contributed by atoms with E-state index in [1.807, 2.05) is 6.07 Å². The van der Waals surface area contributed by atoms with Crippen LogP contribution in [-0.4, -0.2) is 19.4 Å². The number of rotatable bonds is 0. The first-order valence-electron chi connectivity index (χ1n) is 4.16. The van der Waals surface area contributed by atoms with Crippen LogP contribution >= 0.6 is 0 Å². The van der Waals surface area contributed by atoms with Crippen LogP contribution in [0.1, 0.15) is 0 Å². The molecule has 0 amide bonds. The van der Waals surface area contributed by atoms with E-state index in [0.717, 1.165) is 11.0 Å². The molecule has 0 aliphatic heterocycles. The molecular formula is C9H6N4O. The second-order valence-electron chi connectivity index (χ2n) is 2.96. The fraction of sp³-hybridized carbons (Fsp3) is 0. The van der Waals surface area contributed by atoms with Crippen LogP contribution in [-0.2, 0) is 0 Å². The van der Waals surface area contributed by atoms with Gasteiger partial charge in [-0.1, -0.05) is 0 Å². The molecule has 0 bridgehead atoms. The van der Waals surface area contributed by atoms with Gasteiger partial charge in [0.15, 0.2) is 5.65 Å². The molecule has 14 heavy (non-hydrogen) atoms. The summed E-state index contributed by atoms with van der Waals surface area (Å²) in [6, 6.07) is 3.60. The molecule has 0 unspecified atom stereocenters. The lowest BCUT2D eigenvalue weighted by molar-refractivity contribution is 1.09. The number of fused-ring (bicyclic) bond motifs is 3. The van der Waals surface area contributed by atoms with E-state index in [0.29, 0.717) is 5.65 Å². The minimum atomic E-state index is -0.166. The van der Waals surface area contributed by atoms with E-state index in [2.05, 4.69) is 15.0 Å². The Kier molecular flexibility index (Phi) is 1.25. The molecule has 0 aliphatic carbocycles. The van der Waals surface area contributed by atoms with Crippen molar-refractivity contribution >= 4 is 16.7 Å². The van der Waals surface area contributed by atoms with E-state index in [9.17, 15) is 4.79 Å². The Morgan fingerprint density at radius 3 is 3.21 bits per heavy atom. The topological polar surface area (TPSA) is 63.0 Å². The zero-order valence-electron chi connectivity index (χ0n) is 7.14. The SMILES string of the molecule is O=c1[nH]cc2cnc3ncccc3n12. The van der Waals surface area contributed by atoms with Crippen LogP contribution < -0.4 is 5.69 Å². The van der Waals surface area contributed by atoms with Crippen molar-refractivity contribution in [3.05, 3.63) is 41.2 Å². The summed E-state index contributed by atoms with van der Waals surface area (Å²) in [5.41, 5.74) is 1.87. The first-order chi connectivity index (χ1) is 6.86. The van der Waals surface area contributed by atoms with Crippen LogP contribution in [0.4, 0.5) is 0 Å². The molecule has 3 aromatic rings. The zero-order chi connectivity index (χ0) is 9.54. The highest BCUT2D eigenvalue weighted by Crippen LogP contribution is 2.08. The van der Waals surface area contributed by atoms with E-state index < -0.39 is 0 Å². The summed E-state index contributed by atoms with van der Waals surface area (Å²) < 4.78 is 1.55. The number of H-pyrrole nitrogens is 1. The first-order valence-corrected chi connectivity index (χ1v) is 4.16. The number of aromatic amines is 1. The Bertz CT molecular complexity index is 667. The van der Waals surface area contributed by atoms with Crippen LogP contribution in [0.2, 0.25) is 0 Å². The van der Waals surface area contributed by atoms with Gasteiger partial charge < -0.3 is 4.98 Å². The third-order valence-electron chi connectivity index (χ3n) is 2.13. The van der Waals surface area contributed by atoms with E-state index in [1.54, 1.807) is 29.1 Å². The first kappa shape index (κ1) is 7.25. The predicted octanol–water partition coefficient (Wildman–Crippen LogP) is 0.571. The zero-order valence-corrected chi connectivity index (χ0v) is 7.14. The normalized spacial score (nSPS) is 11.1. The van der Waals surface area contributed by atoms with Gasteiger partial charge in [0.25, 0.3) is 0 Å². The van der Waals surface area contributed by atoms with Crippen molar-refractivity contribution in [1.29, 1.82) is 0 Å². The quantitative estimate of drug-likeness (QED) is 0.558. The molecule has 3 heterocycles. The van der Waals surface area contributed by atoms with Gasteiger partial charge >= 0.3 is 5.69 Å². The fourth-order valence-corrected chi connectivity index (χ4v) is 1.52. The van der Waals surface area contributed by atoms with Gasteiger partial charge in [0.05, 0.1) is 17.2 Å². The van der Waals surface area contributed by atoms with Crippen molar-refractivity contribution in [1.82, 2.24) is 19.4 Å². The second-order valence-corrected chi connectivity index (χ2v) is 2.96. The van der Waals surface area contributed by atoms with Crippen LogP contribution in [0.5, 0.6) is 0 Å². The molecule has 0 aliphatic rings. The maximum Gasteiger partial charge on any atom is 0.330 e. The fourth-order valence-electron chi connectivity index (χ4n) is 1.52. The van der Waals surface area contributed by atoms with Gasteiger partial charge in [-0.3, -0.25) is 4.40 Å². The molecule has 3 rings (SSSR count). The van der Waals surface area contributed by atoms with Gasteiger partial charge in [-0.2, -0.15) is 0 Å². The summed E-state index contributed by atoms with van der Waals surface area (Å²) in [5.74, 6) is 0. The molecule has 5 heteroatoms. The summed E-state index contributed by atoms with van der Waals surface area (Å²) >= 11 is 0. The number of imidazole rings is 1. The predicted molar refractivity (Wildman–Crippen MR) is 51.1 cm³/mol. The number of pyridine rings is 1. The Morgan fingerprint density at radius 1 is 1.36 bits per heavy atom. The Hall–Kier alpha value is -2.17. The molecule has 68 valence electrons. The number of aromatic nitrogens is 4. The van der Waals surface area contributed by atoms with E-state index in [-0.39, 0.29) is 5.69 Å². The van der Waals surface area contributed by atoms with Crippen molar-refractivity contribution in [3.63, 3.8) is 0 Å². The lowest BCUT2D eigenvalue weighted by atomic mass is 10.4. The lowest BCUT2D eigenvalue weighted by Crippen LogP contribution is -2.10. The standard InChI is InChI=1S/C9H6N4O/c14-9-12-5-6-4-11-8-7(13(6)9)2-1-3-10-8/h1-5H,(H,12,14). The number of nitrogens with zero attached hydrogens (tertiary/aromatic N) is 3. The summed E-state index contributed by atoms with van der Waals surface area (Å²) in [6.45, 7) is 0. The molecule has 5 nitrogen and oxygen atoms in total.